The van der Waals surface area contributed by atoms with Gasteiger partial charge in [-0.1, -0.05) is 76.8 Å². The summed E-state index contributed by atoms with van der Waals surface area (Å²) < 4.78 is 0. The average Bonchev–Trinajstić information content (AvgIpc) is 2.49. The summed E-state index contributed by atoms with van der Waals surface area (Å²) in [5.41, 5.74) is 5.12. The first-order valence-electron chi connectivity index (χ1n) is 7.22. The molecule has 19 heavy (non-hydrogen) atoms. The van der Waals surface area contributed by atoms with Crippen molar-refractivity contribution in [1.29, 1.82) is 0 Å². The Hall–Kier alpha value is -1.56. The summed E-state index contributed by atoms with van der Waals surface area (Å²) >= 11 is 0. The molecule has 1 rings (SSSR count). The molecular weight excluding hydrogens is 228 g/mol. The molecule has 0 N–H and O–H groups in total. The van der Waals surface area contributed by atoms with E-state index >= 15 is 0 Å². The van der Waals surface area contributed by atoms with Crippen LogP contribution in [0.3, 0.4) is 0 Å². The highest BCUT2D eigenvalue weighted by Gasteiger charge is 2.04. The SMILES string of the molecule is C=C/C=C(\C(C)=C/C)c1ccccc1C.CC.CC. The molecule has 0 aliphatic rings. The van der Waals surface area contributed by atoms with Crippen LogP contribution >= 0.6 is 0 Å². The summed E-state index contributed by atoms with van der Waals surface area (Å²) in [5.74, 6) is 0. The monoisotopic (exact) mass is 258 g/mol. The smallest absolute Gasteiger partial charge is 0.0152 e. The summed E-state index contributed by atoms with van der Waals surface area (Å²) in [6, 6.07) is 8.42. The van der Waals surface area contributed by atoms with E-state index in [-0.39, 0.29) is 0 Å². The molecule has 0 atom stereocenters. The molecule has 1 aromatic rings. The minimum Gasteiger partial charge on any atom is -0.0990 e. The number of aryl methyl sites for hydroxylation is 1. The van der Waals surface area contributed by atoms with Gasteiger partial charge in [0.25, 0.3) is 0 Å². The lowest BCUT2D eigenvalue weighted by atomic mass is 9.95. The first kappa shape index (κ1) is 19.8. The van der Waals surface area contributed by atoms with Crippen molar-refractivity contribution in [2.45, 2.75) is 48.5 Å². The van der Waals surface area contributed by atoms with Crippen molar-refractivity contribution in [2.24, 2.45) is 0 Å². The van der Waals surface area contributed by atoms with E-state index in [1.165, 1.54) is 22.3 Å². The summed E-state index contributed by atoms with van der Waals surface area (Å²) in [6.07, 6.45) is 6.04. The molecule has 0 heterocycles. The fourth-order valence-corrected chi connectivity index (χ4v) is 1.58. The Morgan fingerprint density at radius 3 is 2.00 bits per heavy atom. The fraction of sp³-hybridized carbons (Fsp3) is 0.368. The molecule has 0 unspecified atom stereocenters. The van der Waals surface area contributed by atoms with Gasteiger partial charge in [-0.05, 0) is 43.0 Å². The fourth-order valence-electron chi connectivity index (χ4n) is 1.58. The highest BCUT2D eigenvalue weighted by Crippen LogP contribution is 2.25. The van der Waals surface area contributed by atoms with Gasteiger partial charge in [0.1, 0.15) is 0 Å². The van der Waals surface area contributed by atoms with Crippen molar-refractivity contribution in [3.8, 4) is 0 Å². The molecular formula is C19H30. The maximum atomic E-state index is 3.77. The normalized spacial score (nSPS) is 10.7. The molecule has 0 saturated heterocycles. The molecule has 0 aromatic heterocycles. The third-order valence-electron chi connectivity index (χ3n) is 2.58. The Morgan fingerprint density at radius 1 is 1.05 bits per heavy atom. The molecule has 0 heteroatoms. The van der Waals surface area contributed by atoms with Crippen molar-refractivity contribution in [1.82, 2.24) is 0 Å². The largest absolute Gasteiger partial charge is 0.0990 e. The van der Waals surface area contributed by atoms with E-state index in [0.29, 0.717) is 0 Å². The van der Waals surface area contributed by atoms with Crippen LogP contribution in [0.15, 0.2) is 54.6 Å². The Kier molecular flexibility index (Phi) is 13.4. The zero-order chi connectivity index (χ0) is 15.3. The summed E-state index contributed by atoms with van der Waals surface area (Å²) in [7, 11) is 0. The number of allylic oxidation sites excluding steroid dienone is 5. The molecule has 0 aliphatic heterocycles. The zero-order valence-corrected chi connectivity index (χ0v) is 13.7. The van der Waals surface area contributed by atoms with Gasteiger partial charge >= 0.3 is 0 Å². The number of hydrogen-bond acceptors (Lipinski definition) is 0. The van der Waals surface area contributed by atoms with Gasteiger partial charge in [-0.25, -0.2) is 0 Å². The van der Waals surface area contributed by atoms with Gasteiger partial charge in [-0.3, -0.25) is 0 Å². The standard InChI is InChI=1S/C15H18.2C2H6/c1-5-9-14(12(3)6-2)15-11-8-7-10-13(15)4;2*1-2/h5-11H,1H2,2-4H3;2*1-2H3/b12-6-,14-9+;;. The number of hydrogen-bond donors (Lipinski definition) is 0. The maximum absolute atomic E-state index is 3.77. The summed E-state index contributed by atoms with van der Waals surface area (Å²) in [4.78, 5) is 0. The molecule has 106 valence electrons. The molecule has 0 radical (unpaired) electrons. The minimum atomic E-state index is 1.26. The topological polar surface area (TPSA) is 0 Å². The Bertz CT molecular complexity index is 406. The van der Waals surface area contributed by atoms with Crippen LogP contribution in [-0.2, 0) is 0 Å². The highest BCUT2D eigenvalue weighted by molar-refractivity contribution is 5.80. The van der Waals surface area contributed by atoms with E-state index in [1.54, 1.807) is 0 Å². The van der Waals surface area contributed by atoms with Crippen molar-refractivity contribution in [3.05, 3.63) is 65.8 Å². The zero-order valence-electron chi connectivity index (χ0n) is 13.7. The molecule has 0 aliphatic carbocycles. The van der Waals surface area contributed by atoms with Gasteiger partial charge in [-0.15, -0.1) is 0 Å². The van der Waals surface area contributed by atoms with Crippen LogP contribution < -0.4 is 0 Å². The van der Waals surface area contributed by atoms with Crippen molar-refractivity contribution >= 4 is 5.57 Å². The third-order valence-corrected chi connectivity index (χ3v) is 2.58. The first-order chi connectivity index (χ1) is 9.20. The lowest BCUT2D eigenvalue weighted by molar-refractivity contribution is 1.39. The van der Waals surface area contributed by atoms with E-state index in [4.69, 9.17) is 0 Å². The number of rotatable bonds is 3. The summed E-state index contributed by atoms with van der Waals surface area (Å²) in [6.45, 7) is 18.1. The predicted octanol–water partition coefficient (Wildman–Crippen LogP) is 6.58. The van der Waals surface area contributed by atoms with Crippen LogP contribution in [0.2, 0.25) is 0 Å². The Labute approximate surface area is 120 Å². The van der Waals surface area contributed by atoms with Crippen molar-refractivity contribution < 1.29 is 0 Å². The van der Waals surface area contributed by atoms with Gasteiger partial charge in [0, 0.05) is 0 Å². The number of benzene rings is 1. The quantitative estimate of drug-likeness (QED) is 0.537. The lowest BCUT2D eigenvalue weighted by Crippen LogP contribution is -1.89. The van der Waals surface area contributed by atoms with Crippen LogP contribution in [0.25, 0.3) is 5.57 Å². The third kappa shape index (κ3) is 6.81. The molecule has 0 bridgehead atoms. The van der Waals surface area contributed by atoms with Gasteiger partial charge in [0.2, 0.25) is 0 Å². The van der Waals surface area contributed by atoms with E-state index in [0.717, 1.165) is 0 Å². The van der Waals surface area contributed by atoms with Gasteiger partial charge in [0.05, 0.1) is 0 Å². The minimum absolute atomic E-state index is 1.26. The average molecular weight is 258 g/mol. The van der Waals surface area contributed by atoms with E-state index in [1.807, 2.05) is 33.8 Å². The second kappa shape index (κ2) is 12.9. The first-order valence-corrected chi connectivity index (χ1v) is 7.22. The van der Waals surface area contributed by atoms with Gasteiger partial charge < -0.3 is 0 Å². The van der Waals surface area contributed by atoms with E-state index < -0.39 is 0 Å². The van der Waals surface area contributed by atoms with Crippen molar-refractivity contribution in [3.63, 3.8) is 0 Å². The lowest BCUT2D eigenvalue weighted by Gasteiger charge is -2.10. The van der Waals surface area contributed by atoms with Crippen LogP contribution in [-0.4, -0.2) is 0 Å². The Morgan fingerprint density at radius 2 is 1.58 bits per heavy atom. The van der Waals surface area contributed by atoms with Gasteiger partial charge in [0.15, 0.2) is 0 Å². The molecule has 0 amide bonds. The van der Waals surface area contributed by atoms with Crippen LogP contribution in [0.4, 0.5) is 0 Å². The molecule has 0 nitrogen and oxygen atoms in total. The van der Waals surface area contributed by atoms with E-state index in [9.17, 15) is 0 Å². The Balaban J connectivity index is 0. The second-order valence-corrected chi connectivity index (χ2v) is 3.60. The molecule has 0 saturated carbocycles. The van der Waals surface area contributed by atoms with Gasteiger partial charge in [-0.2, -0.15) is 0 Å². The van der Waals surface area contributed by atoms with Crippen LogP contribution in [0.5, 0.6) is 0 Å². The molecule has 0 spiro atoms. The van der Waals surface area contributed by atoms with Crippen molar-refractivity contribution in [2.75, 3.05) is 0 Å². The molecule has 1 aromatic carbocycles. The second-order valence-electron chi connectivity index (χ2n) is 3.60. The molecule has 0 fully saturated rings. The predicted molar refractivity (Wildman–Crippen MR) is 91.5 cm³/mol. The maximum Gasteiger partial charge on any atom is -0.0152 e. The van der Waals surface area contributed by atoms with E-state index in [2.05, 4.69) is 63.8 Å². The van der Waals surface area contributed by atoms with Crippen LogP contribution in [0, 0.1) is 6.92 Å². The summed E-state index contributed by atoms with van der Waals surface area (Å²) in [5, 5.41) is 0. The van der Waals surface area contributed by atoms with Crippen LogP contribution in [0.1, 0.15) is 52.7 Å². The highest BCUT2D eigenvalue weighted by atomic mass is 14.1.